The first-order chi connectivity index (χ1) is 9.56. The van der Waals surface area contributed by atoms with E-state index in [2.05, 4.69) is 16.5 Å². The monoisotopic (exact) mass is 277 g/mol. The number of phenolic OH excluding ortho intramolecular Hbond substituents is 1. The molecule has 0 aliphatic heterocycles. The minimum Gasteiger partial charge on any atom is -0.508 e. The van der Waals surface area contributed by atoms with Crippen LogP contribution in [0.1, 0.15) is 23.4 Å². The molecular weight excluding hydrogens is 257 g/mol. The van der Waals surface area contributed by atoms with Crippen molar-refractivity contribution in [3.8, 4) is 5.75 Å². The second-order valence-electron chi connectivity index (χ2n) is 4.95. The van der Waals surface area contributed by atoms with Crippen LogP contribution >= 0.6 is 0 Å². The second kappa shape index (κ2) is 6.52. The Morgan fingerprint density at radius 2 is 2.10 bits per heavy atom. The van der Waals surface area contributed by atoms with Gasteiger partial charge in [0.1, 0.15) is 11.6 Å². The third-order valence-corrected chi connectivity index (χ3v) is 3.18. The Morgan fingerprint density at radius 3 is 2.80 bits per heavy atom. The molecule has 2 rings (SSSR count). The minimum atomic E-state index is -0.331. The summed E-state index contributed by atoms with van der Waals surface area (Å²) in [6, 6.07) is 6.03. The first kappa shape index (κ1) is 14.5. The summed E-state index contributed by atoms with van der Waals surface area (Å²) in [5, 5.41) is 17.2. The molecule has 4 nitrogen and oxygen atoms in total. The molecule has 0 saturated heterocycles. The van der Waals surface area contributed by atoms with Crippen molar-refractivity contribution in [2.24, 2.45) is 0 Å². The molecule has 0 aliphatic carbocycles. The van der Waals surface area contributed by atoms with Crippen LogP contribution in [0.2, 0.25) is 0 Å². The lowest BCUT2D eigenvalue weighted by Gasteiger charge is -2.08. The van der Waals surface area contributed by atoms with Crippen molar-refractivity contribution in [1.82, 2.24) is 15.1 Å². The molecule has 5 heteroatoms. The predicted octanol–water partition coefficient (Wildman–Crippen LogP) is 2.52. The highest BCUT2D eigenvalue weighted by Gasteiger charge is 2.03. The Morgan fingerprint density at radius 1 is 1.30 bits per heavy atom. The number of rotatable bonds is 6. The number of halogens is 1. The van der Waals surface area contributed by atoms with Gasteiger partial charge in [-0.1, -0.05) is 0 Å². The number of phenols is 1. The fourth-order valence-corrected chi connectivity index (χ4v) is 2.17. The van der Waals surface area contributed by atoms with Gasteiger partial charge in [0.05, 0.1) is 5.69 Å². The molecule has 108 valence electrons. The zero-order chi connectivity index (χ0) is 14.5. The van der Waals surface area contributed by atoms with E-state index >= 15 is 0 Å². The fraction of sp³-hybridized carbons (Fsp3) is 0.400. The predicted molar refractivity (Wildman–Crippen MR) is 76.1 cm³/mol. The number of nitrogens with one attached hydrogen (secondary N) is 1. The van der Waals surface area contributed by atoms with Gasteiger partial charge < -0.3 is 10.4 Å². The maximum Gasteiger partial charge on any atom is 0.123 e. The van der Waals surface area contributed by atoms with E-state index in [9.17, 15) is 9.50 Å². The van der Waals surface area contributed by atoms with E-state index in [4.69, 9.17) is 0 Å². The first-order valence-corrected chi connectivity index (χ1v) is 6.75. The summed E-state index contributed by atoms with van der Waals surface area (Å²) in [6.45, 7) is 6.11. The lowest BCUT2D eigenvalue weighted by Crippen LogP contribution is -2.17. The summed E-state index contributed by atoms with van der Waals surface area (Å²) in [6.07, 6.45) is 0.929. The summed E-state index contributed by atoms with van der Waals surface area (Å²) < 4.78 is 15.0. The summed E-state index contributed by atoms with van der Waals surface area (Å²) in [5.74, 6) is -0.209. The molecule has 20 heavy (non-hydrogen) atoms. The quantitative estimate of drug-likeness (QED) is 0.798. The van der Waals surface area contributed by atoms with Gasteiger partial charge in [-0.2, -0.15) is 5.10 Å². The highest BCUT2D eigenvalue weighted by atomic mass is 19.1. The molecule has 1 aromatic carbocycles. The molecule has 0 aliphatic rings. The molecule has 0 bridgehead atoms. The summed E-state index contributed by atoms with van der Waals surface area (Å²) >= 11 is 0. The third-order valence-electron chi connectivity index (χ3n) is 3.18. The highest BCUT2D eigenvalue weighted by Crippen LogP contribution is 2.17. The number of nitrogens with zero attached hydrogens (tertiary/aromatic N) is 2. The Bertz CT molecular complexity index is 580. The average Bonchev–Trinajstić information content (AvgIpc) is 2.71. The van der Waals surface area contributed by atoms with Crippen LogP contribution in [0, 0.1) is 19.7 Å². The SMILES string of the molecule is Cc1cc(C)n(CCCNCc2cc(F)ccc2O)n1. The van der Waals surface area contributed by atoms with Gasteiger partial charge in [0, 0.05) is 24.3 Å². The molecule has 0 atom stereocenters. The van der Waals surface area contributed by atoms with Crippen molar-refractivity contribution >= 4 is 0 Å². The lowest BCUT2D eigenvalue weighted by atomic mass is 10.2. The Kier molecular flexibility index (Phi) is 4.74. The molecule has 0 saturated carbocycles. The molecule has 1 aromatic heterocycles. The molecule has 1 heterocycles. The van der Waals surface area contributed by atoms with E-state index in [1.165, 1.54) is 18.2 Å². The number of aryl methyl sites for hydroxylation is 3. The summed E-state index contributed by atoms with van der Waals surface area (Å²) in [4.78, 5) is 0. The number of hydrogen-bond acceptors (Lipinski definition) is 3. The number of aromatic hydroxyl groups is 1. The first-order valence-electron chi connectivity index (χ1n) is 6.75. The topological polar surface area (TPSA) is 50.1 Å². The normalized spacial score (nSPS) is 10.9. The molecular formula is C15H20FN3O. The van der Waals surface area contributed by atoms with Crippen molar-refractivity contribution in [1.29, 1.82) is 0 Å². The number of hydrogen-bond donors (Lipinski definition) is 2. The van der Waals surface area contributed by atoms with E-state index in [-0.39, 0.29) is 11.6 Å². The lowest BCUT2D eigenvalue weighted by molar-refractivity contribution is 0.459. The molecule has 0 fully saturated rings. The van der Waals surface area contributed by atoms with E-state index < -0.39 is 0 Å². The minimum absolute atomic E-state index is 0.123. The van der Waals surface area contributed by atoms with E-state index in [0.717, 1.165) is 30.9 Å². The Balaban J connectivity index is 1.74. The fourth-order valence-electron chi connectivity index (χ4n) is 2.17. The van der Waals surface area contributed by atoms with Crippen LogP contribution in [0.15, 0.2) is 24.3 Å². The number of benzene rings is 1. The maximum absolute atomic E-state index is 13.0. The third kappa shape index (κ3) is 3.81. The molecule has 0 unspecified atom stereocenters. The van der Waals surface area contributed by atoms with Crippen molar-refractivity contribution in [3.05, 3.63) is 47.0 Å². The maximum atomic E-state index is 13.0. The van der Waals surface area contributed by atoms with Crippen molar-refractivity contribution < 1.29 is 9.50 Å². The summed E-state index contributed by atoms with van der Waals surface area (Å²) in [7, 11) is 0. The van der Waals surface area contributed by atoms with E-state index in [0.29, 0.717) is 12.1 Å². The molecule has 0 spiro atoms. The van der Waals surface area contributed by atoms with Gasteiger partial charge in [0.25, 0.3) is 0 Å². The Hall–Kier alpha value is -1.88. The van der Waals surface area contributed by atoms with Crippen LogP contribution < -0.4 is 5.32 Å². The van der Waals surface area contributed by atoms with Crippen LogP contribution in [-0.2, 0) is 13.1 Å². The van der Waals surface area contributed by atoms with Crippen molar-refractivity contribution in [2.75, 3.05) is 6.54 Å². The van der Waals surface area contributed by atoms with Gasteiger partial charge in [0.15, 0.2) is 0 Å². The second-order valence-corrected chi connectivity index (χ2v) is 4.95. The van der Waals surface area contributed by atoms with Gasteiger partial charge in [-0.15, -0.1) is 0 Å². The molecule has 2 N–H and O–H groups in total. The smallest absolute Gasteiger partial charge is 0.123 e. The van der Waals surface area contributed by atoms with Gasteiger partial charge in [0.2, 0.25) is 0 Å². The molecule has 2 aromatic rings. The highest BCUT2D eigenvalue weighted by molar-refractivity contribution is 5.32. The van der Waals surface area contributed by atoms with Gasteiger partial charge >= 0.3 is 0 Å². The van der Waals surface area contributed by atoms with Crippen LogP contribution in [0.3, 0.4) is 0 Å². The number of aromatic nitrogens is 2. The average molecular weight is 277 g/mol. The molecule has 0 amide bonds. The van der Waals surface area contributed by atoms with Gasteiger partial charge in [-0.3, -0.25) is 4.68 Å². The zero-order valence-electron chi connectivity index (χ0n) is 11.9. The van der Waals surface area contributed by atoms with Crippen LogP contribution in [0.4, 0.5) is 4.39 Å². The van der Waals surface area contributed by atoms with Crippen molar-refractivity contribution in [2.45, 2.75) is 33.4 Å². The van der Waals surface area contributed by atoms with E-state index in [1.54, 1.807) is 0 Å². The van der Waals surface area contributed by atoms with Crippen LogP contribution in [0.25, 0.3) is 0 Å². The zero-order valence-corrected chi connectivity index (χ0v) is 11.9. The van der Waals surface area contributed by atoms with E-state index in [1.807, 2.05) is 18.5 Å². The van der Waals surface area contributed by atoms with Crippen molar-refractivity contribution in [3.63, 3.8) is 0 Å². The van der Waals surface area contributed by atoms with Crippen LogP contribution in [0.5, 0.6) is 5.75 Å². The van der Waals surface area contributed by atoms with Gasteiger partial charge in [-0.25, -0.2) is 4.39 Å². The van der Waals surface area contributed by atoms with Gasteiger partial charge in [-0.05, 0) is 51.1 Å². The molecule has 0 radical (unpaired) electrons. The standard InChI is InChI=1S/C15H20FN3O/c1-11-8-12(2)19(18-11)7-3-6-17-10-13-9-14(16)4-5-15(13)20/h4-5,8-9,17,20H,3,6-7,10H2,1-2H3. The van der Waals surface area contributed by atoms with Crippen LogP contribution in [-0.4, -0.2) is 21.4 Å². The summed E-state index contributed by atoms with van der Waals surface area (Å²) in [5.41, 5.74) is 2.77. The largest absolute Gasteiger partial charge is 0.508 e. The Labute approximate surface area is 118 Å².